The number of hydrogen-bond donors (Lipinski definition) is 0. The van der Waals surface area contributed by atoms with Crippen molar-refractivity contribution in [3.8, 4) is 5.88 Å². The highest BCUT2D eigenvalue weighted by Gasteiger charge is 2.26. The molecule has 0 saturated heterocycles. The fraction of sp³-hybridized carbons (Fsp3) is 0.667. The van der Waals surface area contributed by atoms with Gasteiger partial charge in [-0.3, -0.25) is 0 Å². The number of nitrogens with zero attached hydrogens (tertiary/aromatic N) is 2. The Labute approximate surface area is 115 Å². The summed E-state index contributed by atoms with van der Waals surface area (Å²) in [6, 6.07) is 1.39. The molecule has 0 atom stereocenters. The van der Waals surface area contributed by atoms with Crippen molar-refractivity contribution >= 4 is 11.6 Å². The number of ether oxygens (including phenoxy) is 1. The van der Waals surface area contributed by atoms with E-state index in [1.807, 2.05) is 20.8 Å². The Morgan fingerprint density at radius 2 is 1.84 bits per heavy atom. The maximum Gasteiger partial charge on any atom is 0.389 e. The van der Waals surface area contributed by atoms with Crippen LogP contribution in [0, 0.1) is 0 Å². The highest BCUT2D eigenvalue weighted by atomic mass is 35.5. The summed E-state index contributed by atoms with van der Waals surface area (Å²) in [6.07, 6.45) is -5.16. The second-order valence-corrected chi connectivity index (χ2v) is 5.56. The Hall–Kier alpha value is -1.04. The standard InChI is InChI=1S/C12H16ClF3N2O/c1-11(2,3)10-17-8(13)7-9(18-10)19-6-4-5-12(14,15)16/h7H,4-6H2,1-3H3. The second-order valence-electron chi connectivity index (χ2n) is 5.17. The zero-order valence-corrected chi connectivity index (χ0v) is 11.8. The molecule has 108 valence electrons. The third-order valence-corrected chi connectivity index (χ3v) is 2.39. The van der Waals surface area contributed by atoms with Crippen LogP contribution < -0.4 is 4.74 Å². The van der Waals surface area contributed by atoms with Gasteiger partial charge in [0.05, 0.1) is 6.61 Å². The average Bonchev–Trinajstić information content (AvgIpc) is 2.21. The Morgan fingerprint density at radius 1 is 1.21 bits per heavy atom. The van der Waals surface area contributed by atoms with Crippen LogP contribution in [0.25, 0.3) is 0 Å². The first-order valence-electron chi connectivity index (χ1n) is 5.82. The van der Waals surface area contributed by atoms with Crippen molar-refractivity contribution in [2.75, 3.05) is 6.61 Å². The molecule has 0 saturated carbocycles. The van der Waals surface area contributed by atoms with E-state index in [9.17, 15) is 13.2 Å². The normalized spacial score (nSPS) is 12.6. The van der Waals surface area contributed by atoms with Gasteiger partial charge in [-0.05, 0) is 6.42 Å². The van der Waals surface area contributed by atoms with Crippen LogP contribution in [-0.2, 0) is 5.41 Å². The quantitative estimate of drug-likeness (QED) is 0.618. The molecule has 0 spiro atoms. The maximum atomic E-state index is 12.0. The molecule has 19 heavy (non-hydrogen) atoms. The second kappa shape index (κ2) is 5.94. The third kappa shape index (κ3) is 6.09. The van der Waals surface area contributed by atoms with E-state index in [2.05, 4.69) is 9.97 Å². The fourth-order valence-corrected chi connectivity index (χ4v) is 1.43. The predicted molar refractivity (Wildman–Crippen MR) is 66.5 cm³/mol. The molecule has 1 aromatic rings. The van der Waals surface area contributed by atoms with Crippen LogP contribution in [0.5, 0.6) is 5.88 Å². The van der Waals surface area contributed by atoms with Crippen molar-refractivity contribution in [3.05, 3.63) is 17.0 Å². The third-order valence-electron chi connectivity index (χ3n) is 2.20. The highest BCUT2D eigenvalue weighted by molar-refractivity contribution is 6.29. The van der Waals surface area contributed by atoms with Crippen LogP contribution >= 0.6 is 11.6 Å². The lowest BCUT2D eigenvalue weighted by molar-refractivity contribution is -0.136. The highest BCUT2D eigenvalue weighted by Crippen LogP contribution is 2.24. The lowest BCUT2D eigenvalue weighted by Crippen LogP contribution is -2.17. The summed E-state index contributed by atoms with van der Waals surface area (Å²) in [7, 11) is 0. The maximum absolute atomic E-state index is 12.0. The zero-order valence-electron chi connectivity index (χ0n) is 11.0. The molecule has 1 aromatic heterocycles. The number of hydrogen-bond acceptors (Lipinski definition) is 3. The monoisotopic (exact) mass is 296 g/mol. The smallest absolute Gasteiger partial charge is 0.389 e. The summed E-state index contributed by atoms with van der Waals surface area (Å²) >= 11 is 5.83. The molecule has 0 aliphatic rings. The minimum atomic E-state index is -4.16. The van der Waals surface area contributed by atoms with Crippen molar-refractivity contribution in [3.63, 3.8) is 0 Å². The van der Waals surface area contributed by atoms with Crippen LogP contribution in [0.2, 0.25) is 5.15 Å². The van der Waals surface area contributed by atoms with Gasteiger partial charge in [0.2, 0.25) is 5.88 Å². The topological polar surface area (TPSA) is 35.0 Å². The Morgan fingerprint density at radius 3 is 2.37 bits per heavy atom. The number of halogens is 4. The van der Waals surface area contributed by atoms with Gasteiger partial charge in [0.25, 0.3) is 0 Å². The molecule has 0 fully saturated rings. The van der Waals surface area contributed by atoms with Gasteiger partial charge in [0, 0.05) is 17.9 Å². The van der Waals surface area contributed by atoms with Gasteiger partial charge in [0.15, 0.2) is 0 Å². The lowest BCUT2D eigenvalue weighted by atomic mass is 9.96. The summed E-state index contributed by atoms with van der Waals surface area (Å²) in [5.41, 5.74) is -0.311. The Balaban J connectivity index is 2.62. The van der Waals surface area contributed by atoms with Gasteiger partial charge in [-0.25, -0.2) is 4.98 Å². The largest absolute Gasteiger partial charge is 0.478 e. The molecule has 1 rings (SSSR count). The molecule has 0 amide bonds. The van der Waals surface area contributed by atoms with E-state index >= 15 is 0 Å². The molecule has 3 nitrogen and oxygen atoms in total. The molecule has 0 N–H and O–H groups in total. The molecule has 0 aliphatic heterocycles. The first kappa shape index (κ1) is 16.0. The molecule has 0 bridgehead atoms. The minimum absolute atomic E-state index is 0.0591. The van der Waals surface area contributed by atoms with E-state index in [0.29, 0.717) is 5.82 Å². The lowest BCUT2D eigenvalue weighted by Gasteiger charge is -2.17. The van der Waals surface area contributed by atoms with Crippen LogP contribution in [-0.4, -0.2) is 22.8 Å². The molecular weight excluding hydrogens is 281 g/mol. The molecule has 0 aromatic carbocycles. The van der Waals surface area contributed by atoms with Crippen LogP contribution in [0.15, 0.2) is 6.07 Å². The molecule has 1 heterocycles. The van der Waals surface area contributed by atoms with Gasteiger partial charge in [0.1, 0.15) is 11.0 Å². The number of rotatable bonds is 4. The van der Waals surface area contributed by atoms with Gasteiger partial charge in [-0.15, -0.1) is 0 Å². The van der Waals surface area contributed by atoms with Crippen LogP contribution in [0.4, 0.5) is 13.2 Å². The zero-order chi connectivity index (χ0) is 14.7. The van der Waals surface area contributed by atoms with Gasteiger partial charge >= 0.3 is 6.18 Å². The summed E-state index contributed by atoms with van der Waals surface area (Å²) in [4.78, 5) is 8.21. The Bertz CT molecular complexity index is 430. The van der Waals surface area contributed by atoms with Crippen LogP contribution in [0.1, 0.15) is 39.4 Å². The van der Waals surface area contributed by atoms with E-state index in [0.717, 1.165) is 0 Å². The fourth-order valence-electron chi connectivity index (χ4n) is 1.26. The summed E-state index contributed by atoms with van der Waals surface area (Å²) < 4.78 is 41.1. The van der Waals surface area contributed by atoms with E-state index in [4.69, 9.17) is 16.3 Å². The summed E-state index contributed by atoms with van der Waals surface area (Å²) in [5, 5.41) is 0.214. The SMILES string of the molecule is CC(C)(C)c1nc(Cl)cc(OCCCC(F)(F)F)n1. The Kier molecular flexibility index (Phi) is 5.01. The molecule has 0 unspecified atom stereocenters. The van der Waals surface area contributed by atoms with Crippen LogP contribution in [0.3, 0.4) is 0 Å². The van der Waals surface area contributed by atoms with Crippen molar-refractivity contribution < 1.29 is 17.9 Å². The summed E-state index contributed by atoms with van der Waals surface area (Å²) in [6.45, 7) is 5.67. The molecule has 7 heteroatoms. The first-order valence-corrected chi connectivity index (χ1v) is 6.20. The predicted octanol–water partition coefficient (Wildman–Crippen LogP) is 4.15. The van der Waals surface area contributed by atoms with E-state index in [1.165, 1.54) is 6.07 Å². The summed E-state index contributed by atoms with van der Waals surface area (Å²) in [5.74, 6) is 0.693. The van der Waals surface area contributed by atoms with E-state index < -0.39 is 12.6 Å². The van der Waals surface area contributed by atoms with E-state index in [1.54, 1.807) is 0 Å². The average molecular weight is 297 g/mol. The van der Waals surface area contributed by atoms with E-state index in [-0.39, 0.29) is 29.5 Å². The van der Waals surface area contributed by atoms with Crippen molar-refractivity contribution in [1.29, 1.82) is 0 Å². The number of alkyl halides is 3. The van der Waals surface area contributed by atoms with Gasteiger partial charge in [-0.2, -0.15) is 18.2 Å². The molecular formula is C12H16ClF3N2O. The van der Waals surface area contributed by atoms with Gasteiger partial charge in [-0.1, -0.05) is 32.4 Å². The first-order chi connectivity index (χ1) is 8.58. The van der Waals surface area contributed by atoms with Gasteiger partial charge < -0.3 is 4.74 Å². The van der Waals surface area contributed by atoms with Crippen molar-refractivity contribution in [2.24, 2.45) is 0 Å². The minimum Gasteiger partial charge on any atom is -0.478 e. The number of aromatic nitrogens is 2. The van der Waals surface area contributed by atoms with Crippen molar-refractivity contribution in [2.45, 2.75) is 45.2 Å². The van der Waals surface area contributed by atoms with Crippen molar-refractivity contribution in [1.82, 2.24) is 9.97 Å². The molecule has 0 radical (unpaired) electrons. The molecule has 0 aliphatic carbocycles.